The van der Waals surface area contributed by atoms with Gasteiger partial charge >= 0.3 is 0 Å². The Morgan fingerprint density at radius 2 is 0.492 bits per heavy atom. The summed E-state index contributed by atoms with van der Waals surface area (Å²) in [7, 11) is 0. The van der Waals surface area contributed by atoms with Crippen molar-refractivity contribution >= 4 is 130 Å². The molecule has 0 saturated carbocycles. The van der Waals surface area contributed by atoms with E-state index >= 15 is 0 Å². The number of benzene rings is 14. The van der Waals surface area contributed by atoms with Crippen molar-refractivity contribution in [2.45, 2.75) is 0 Å². The molecule has 0 atom stereocenters. The Morgan fingerprint density at radius 1 is 0.158 bits per heavy atom. The molecule has 24 aromatic rings. The van der Waals surface area contributed by atoms with Crippen LogP contribution in [0.4, 0.5) is 0 Å². The first-order valence-corrected chi connectivity index (χ1v) is 40.3. The summed E-state index contributed by atoms with van der Waals surface area (Å²) in [5, 5.41) is 16.6. The van der Waals surface area contributed by atoms with Gasteiger partial charge in [-0.1, -0.05) is 297 Å². The molecule has 0 aliphatic rings. The van der Waals surface area contributed by atoms with Gasteiger partial charge < -0.3 is 0 Å². The largest absolute Gasteiger partial charge is 0.264 e. The van der Waals surface area contributed by atoms with E-state index in [-0.39, 0.29) is 0 Å². The van der Waals surface area contributed by atoms with Crippen LogP contribution in [-0.2, 0) is 0 Å². The molecule has 0 amide bonds. The first-order chi connectivity index (χ1) is 59.4. The molecule has 0 bridgehead atoms. The van der Waals surface area contributed by atoms with Crippen LogP contribution in [0, 0.1) is 0 Å². The Morgan fingerprint density at radius 3 is 1.01 bits per heavy atom. The molecule has 14 aromatic carbocycles. The van der Waals surface area contributed by atoms with Crippen LogP contribution >= 0.6 is 0 Å². The Balaban J connectivity index is 0.000000141. The summed E-state index contributed by atoms with van der Waals surface area (Å²) < 4.78 is 0. The molecule has 10 heteroatoms. The summed E-state index contributed by atoms with van der Waals surface area (Å²) in [5.74, 6) is 0. The van der Waals surface area contributed by atoms with Crippen molar-refractivity contribution in [2.24, 2.45) is 0 Å². The van der Waals surface area contributed by atoms with E-state index < -0.39 is 0 Å². The second-order valence-electron chi connectivity index (χ2n) is 30.6. The third kappa shape index (κ3) is 12.5. The molecule has 10 nitrogen and oxygen atoms in total. The Labute approximate surface area is 688 Å². The van der Waals surface area contributed by atoms with Gasteiger partial charge in [-0.05, 0) is 134 Å². The van der Waals surface area contributed by atoms with Gasteiger partial charge in [0.1, 0.15) is 0 Å². The van der Waals surface area contributed by atoms with E-state index in [0.29, 0.717) is 0 Å². The third-order valence-corrected chi connectivity index (χ3v) is 23.4. The van der Waals surface area contributed by atoms with Gasteiger partial charge in [0.15, 0.2) is 0 Å². The monoisotopic (exact) mass is 1530 g/mol. The molecular weight excluding hydrogens is 1460 g/mol. The lowest BCUT2D eigenvalue weighted by Crippen LogP contribution is -1.94. The summed E-state index contributed by atoms with van der Waals surface area (Å²) in [6.07, 6.45) is 5.57. The number of para-hydroxylation sites is 1. The molecule has 24 rings (SSSR count). The van der Waals surface area contributed by atoms with E-state index in [0.717, 1.165) is 237 Å². The van der Waals surface area contributed by atoms with E-state index in [1.165, 1.54) is 5.56 Å². The molecule has 120 heavy (non-hydrogen) atoms. The summed E-state index contributed by atoms with van der Waals surface area (Å²) in [4.78, 5) is 50.6. The van der Waals surface area contributed by atoms with Gasteiger partial charge in [0.2, 0.25) is 0 Å². The topological polar surface area (TPSA) is 129 Å². The molecule has 0 radical (unpaired) electrons. The zero-order valence-corrected chi connectivity index (χ0v) is 64.6. The maximum Gasteiger partial charge on any atom is 0.0972 e. The molecule has 556 valence electrons. The first-order valence-electron chi connectivity index (χ1n) is 40.3. The summed E-state index contributed by atoms with van der Waals surface area (Å²) in [6.45, 7) is 0. The molecule has 0 unspecified atom stereocenters. The van der Waals surface area contributed by atoms with Crippen LogP contribution in [0.25, 0.3) is 243 Å². The maximum atomic E-state index is 5.46. The van der Waals surface area contributed by atoms with Crippen LogP contribution in [0.2, 0.25) is 0 Å². The zero-order chi connectivity index (χ0) is 79.1. The number of rotatable bonds is 10. The van der Waals surface area contributed by atoms with Gasteiger partial charge in [-0.25, -0.2) is 39.9 Å². The fourth-order valence-corrected chi connectivity index (χ4v) is 17.3. The molecule has 0 N–H and O–H groups in total. The van der Waals surface area contributed by atoms with E-state index in [2.05, 4.69) is 362 Å². The second-order valence-corrected chi connectivity index (χ2v) is 30.6. The van der Waals surface area contributed by atoms with Crippen molar-refractivity contribution in [3.8, 4) is 112 Å². The molecule has 0 fully saturated rings. The molecule has 0 aliphatic heterocycles. The van der Waals surface area contributed by atoms with Crippen molar-refractivity contribution in [1.82, 2.24) is 49.8 Å². The summed E-state index contributed by atoms with van der Waals surface area (Å²) in [5.41, 5.74) is 28.7. The van der Waals surface area contributed by atoms with E-state index in [9.17, 15) is 0 Å². The highest BCUT2D eigenvalue weighted by Gasteiger charge is 2.21. The molecule has 10 heterocycles. The quantitative estimate of drug-likeness (QED) is 0.0964. The van der Waals surface area contributed by atoms with Crippen LogP contribution in [0.1, 0.15) is 0 Å². The van der Waals surface area contributed by atoms with Crippen molar-refractivity contribution in [2.75, 3.05) is 0 Å². The number of nitrogens with zero attached hydrogens (tertiary/aromatic N) is 10. The summed E-state index contributed by atoms with van der Waals surface area (Å²) in [6, 6.07) is 134. The van der Waals surface area contributed by atoms with Crippen molar-refractivity contribution in [3.05, 3.63) is 401 Å². The van der Waals surface area contributed by atoms with Gasteiger partial charge in [0.05, 0.1) is 95.2 Å². The fourth-order valence-electron chi connectivity index (χ4n) is 17.3. The second kappa shape index (κ2) is 28.9. The molecule has 10 aromatic heterocycles. The predicted molar refractivity (Wildman–Crippen MR) is 495 cm³/mol. The van der Waals surface area contributed by atoms with Gasteiger partial charge in [-0.2, -0.15) is 0 Å². The Kier molecular flexibility index (Phi) is 16.7. The maximum absolute atomic E-state index is 5.46. The molecular formula is C110H66N10. The highest BCUT2D eigenvalue weighted by molar-refractivity contribution is 6.22. The van der Waals surface area contributed by atoms with Crippen LogP contribution in [0.15, 0.2) is 401 Å². The number of aromatic nitrogens is 10. The SMILES string of the molecule is c1ccc(-c2ccc3ccc4ccc(-c5c6ccccc6c(-c6ccc7ccc(-c8ccc9ccc(-c%10cccc%11cccnc%10%11)nc9c8)nc7c6)c6ccccc56)nc4c3n2)cc1.c1ccc(-c2ccc3ccc4ccc(-c5ccc(-c6ccc7ccc(-c8ccc9ccc(-c%10cccc%11cnccc%10%11)nc9c8)nc7c6)cc5)nc4c3n2)cc1. The zero-order valence-electron chi connectivity index (χ0n) is 64.6. The fraction of sp³-hybridized carbons (Fsp3) is 0. The number of hydrogen-bond donors (Lipinski definition) is 0. The van der Waals surface area contributed by atoms with Crippen LogP contribution < -0.4 is 0 Å². The van der Waals surface area contributed by atoms with Crippen molar-refractivity contribution in [3.63, 3.8) is 0 Å². The molecule has 0 aliphatic carbocycles. The van der Waals surface area contributed by atoms with Crippen molar-refractivity contribution < 1.29 is 0 Å². The van der Waals surface area contributed by atoms with Crippen molar-refractivity contribution in [1.29, 1.82) is 0 Å². The number of fused-ring (bicyclic) bond motifs is 14. The van der Waals surface area contributed by atoms with Crippen LogP contribution in [-0.4, -0.2) is 49.8 Å². The average Bonchev–Trinajstić information content (AvgIpc) is 0.726. The number of pyridine rings is 10. The van der Waals surface area contributed by atoms with Gasteiger partial charge in [-0.3, -0.25) is 9.97 Å². The van der Waals surface area contributed by atoms with Gasteiger partial charge in [-0.15, -0.1) is 0 Å². The van der Waals surface area contributed by atoms with E-state index in [1.54, 1.807) is 0 Å². The number of hydrogen-bond acceptors (Lipinski definition) is 10. The highest BCUT2D eigenvalue weighted by Crippen LogP contribution is 2.46. The van der Waals surface area contributed by atoms with Gasteiger partial charge in [0, 0.05) is 117 Å². The minimum atomic E-state index is 0.895. The third-order valence-electron chi connectivity index (χ3n) is 23.4. The minimum Gasteiger partial charge on any atom is -0.264 e. The standard InChI is InChI=1S/C59H35N5.C51H31N5/c1-2-10-36(11-3-1)49-30-27-40-21-22-41-28-32-52(64-59(41)58(40)63-49)56-46-16-6-4-14-44(46)55(45-15-5-7-17-47(45)56)43-24-20-38-25-29-50(61-54(38)35-43)42-23-19-37-26-31-51(62-53(37)34-42)48-18-8-12-39-13-9-33-60-57(39)48;1-2-5-33(6-3-1)44-24-21-37-15-16-38-22-25-45(56-51(38)50(37)55-44)34-11-9-32(10-12-34)39-17-13-35-19-23-46(53-48(35)29-39)40-18-14-36-20-26-47(54-49(36)30-40)43-8-4-7-41-31-52-28-27-42(41)43/h1-35H;1-31H. The van der Waals surface area contributed by atoms with Crippen LogP contribution in [0.3, 0.4) is 0 Å². The summed E-state index contributed by atoms with van der Waals surface area (Å²) >= 11 is 0. The smallest absolute Gasteiger partial charge is 0.0972 e. The lowest BCUT2D eigenvalue weighted by molar-refractivity contribution is 1.36. The Bertz CT molecular complexity index is 8240. The average molecular weight is 1530 g/mol. The Hall–Kier alpha value is -16.3. The van der Waals surface area contributed by atoms with E-state index in [1.807, 2.05) is 48.9 Å². The van der Waals surface area contributed by atoms with E-state index in [4.69, 9.17) is 39.9 Å². The predicted octanol–water partition coefficient (Wildman–Crippen LogP) is 27.8. The first kappa shape index (κ1) is 69.2. The molecule has 0 spiro atoms. The minimum absolute atomic E-state index is 0.895. The lowest BCUT2D eigenvalue weighted by Gasteiger charge is -2.18. The molecule has 0 saturated heterocycles. The van der Waals surface area contributed by atoms with Gasteiger partial charge in [0.25, 0.3) is 0 Å². The lowest BCUT2D eigenvalue weighted by atomic mass is 9.87. The van der Waals surface area contributed by atoms with Crippen LogP contribution in [0.5, 0.6) is 0 Å². The normalized spacial score (nSPS) is 11.7. The highest BCUT2D eigenvalue weighted by atomic mass is 14.8.